The van der Waals surface area contributed by atoms with Crippen LogP contribution in [0.2, 0.25) is 0 Å². The normalized spacial score (nSPS) is 11.8. The summed E-state index contributed by atoms with van der Waals surface area (Å²) < 4.78 is 0. The third-order valence-corrected chi connectivity index (χ3v) is 3.15. The minimum Gasteiger partial charge on any atom is -0.481 e. The molecule has 0 aliphatic rings. The zero-order valence-corrected chi connectivity index (χ0v) is 11.1. The van der Waals surface area contributed by atoms with Crippen molar-refractivity contribution in [1.29, 1.82) is 0 Å². The maximum atomic E-state index is 12.1. The van der Waals surface area contributed by atoms with Crippen molar-refractivity contribution in [1.82, 2.24) is 4.98 Å². The minimum atomic E-state index is -0.907. The van der Waals surface area contributed by atoms with E-state index >= 15 is 0 Å². The van der Waals surface area contributed by atoms with Gasteiger partial charge >= 0.3 is 5.97 Å². The number of carbonyl (C=O) groups excluding carboxylic acids is 1. The first-order valence-corrected chi connectivity index (χ1v) is 6.34. The number of ketones is 1. The van der Waals surface area contributed by atoms with E-state index in [1.165, 1.54) is 6.20 Å². The first-order chi connectivity index (χ1) is 9.58. The quantitative estimate of drug-likeness (QED) is 0.847. The molecular formula is C16H15NO3. The maximum Gasteiger partial charge on any atom is 0.310 e. The maximum absolute atomic E-state index is 12.1. The number of carboxylic acid groups (broad SMARTS) is 1. The van der Waals surface area contributed by atoms with E-state index in [0.717, 1.165) is 5.56 Å². The second-order valence-corrected chi connectivity index (χ2v) is 4.62. The van der Waals surface area contributed by atoms with Crippen LogP contribution in [0.1, 0.15) is 34.5 Å². The Labute approximate surface area is 117 Å². The number of carbonyl (C=O) groups is 2. The van der Waals surface area contributed by atoms with Gasteiger partial charge in [0.1, 0.15) is 5.69 Å². The van der Waals surface area contributed by atoms with Crippen molar-refractivity contribution in [3.05, 3.63) is 65.5 Å². The van der Waals surface area contributed by atoms with Crippen molar-refractivity contribution < 1.29 is 14.7 Å². The Bertz CT molecular complexity index is 605. The number of Topliss-reactive ketones (excluding diaryl/α,β-unsaturated/α-hetero) is 1. The lowest BCUT2D eigenvalue weighted by molar-refractivity contribution is -0.138. The summed E-state index contributed by atoms with van der Waals surface area (Å²) in [5.41, 5.74) is 1.88. The predicted octanol–water partition coefficient (Wildman–Crippen LogP) is 2.70. The monoisotopic (exact) mass is 269 g/mol. The summed E-state index contributed by atoms with van der Waals surface area (Å²) in [7, 11) is 0. The molecule has 1 atom stereocenters. The molecule has 2 aromatic rings. The SMILES string of the molecule is CC(C(=O)O)c1ccc(C(=O)Cc2ccccc2)nc1. The van der Waals surface area contributed by atoms with Crippen LogP contribution in [-0.4, -0.2) is 21.8 Å². The molecule has 1 aromatic heterocycles. The molecule has 4 nitrogen and oxygen atoms in total. The molecule has 0 amide bonds. The van der Waals surface area contributed by atoms with E-state index in [9.17, 15) is 9.59 Å². The van der Waals surface area contributed by atoms with Gasteiger partial charge in [0.25, 0.3) is 0 Å². The molecule has 0 bridgehead atoms. The van der Waals surface area contributed by atoms with Crippen LogP contribution >= 0.6 is 0 Å². The number of pyridine rings is 1. The highest BCUT2D eigenvalue weighted by Crippen LogP contribution is 2.15. The summed E-state index contributed by atoms with van der Waals surface area (Å²) in [5.74, 6) is -1.61. The van der Waals surface area contributed by atoms with Crippen LogP contribution in [0.3, 0.4) is 0 Å². The second kappa shape index (κ2) is 6.10. The highest BCUT2D eigenvalue weighted by atomic mass is 16.4. The van der Waals surface area contributed by atoms with Crippen LogP contribution in [0, 0.1) is 0 Å². The Morgan fingerprint density at radius 3 is 2.40 bits per heavy atom. The molecule has 0 saturated carbocycles. The Morgan fingerprint density at radius 2 is 1.85 bits per heavy atom. The average molecular weight is 269 g/mol. The number of hydrogen-bond donors (Lipinski definition) is 1. The lowest BCUT2D eigenvalue weighted by Gasteiger charge is -2.06. The number of carboxylic acids is 1. The molecule has 0 fully saturated rings. The van der Waals surface area contributed by atoms with E-state index in [4.69, 9.17) is 5.11 Å². The van der Waals surface area contributed by atoms with Crippen molar-refractivity contribution in [3.8, 4) is 0 Å². The lowest BCUT2D eigenvalue weighted by Crippen LogP contribution is -2.10. The van der Waals surface area contributed by atoms with E-state index in [0.29, 0.717) is 17.7 Å². The molecule has 0 spiro atoms. The van der Waals surface area contributed by atoms with Gasteiger partial charge in [-0.3, -0.25) is 14.6 Å². The van der Waals surface area contributed by atoms with Crippen LogP contribution in [0.4, 0.5) is 0 Å². The highest BCUT2D eigenvalue weighted by Gasteiger charge is 2.15. The smallest absolute Gasteiger partial charge is 0.310 e. The van der Waals surface area contributed by atoms with Gasteiger partial charge in [0.05, 0.1) is 5.92 Å². The standard InChI is InChI=1S/C16H15NO3/c1-11(16(19)20)13-7-8-14(17-10-13)15(18)9-12-5-3-2-4-6-12/h2-8,10-11H,9H2,1H3,(H,19,20). The summed E-state index contributed by atoms with van der Waals surface area (Å²) in [6.07, 6.45) is 1.75. The highest BCUT2D eigenvalue weighted by molar-refractivity contribution is 5.95. The molecule has 1 aromatic carbocycles. The van der Waals surface area contributed by atoms with Crippen molar-refractivity contribution in [2.75, 3.05) is 0 Å². The zero-order chi connectivity index (χ0) is 14.5. The van der Waals surface area contributed by atoms with Crippen molar-refractivity contribution >= 4 is 11.8 Å². The molecule has 1 heterocycles. The van der Waals surface area contributed by atoms with Crippen LogP contribution in [-0.2, 0) is 11.2 Å². The molecule has 0 aliphatic carbocycles. The Kier molecular flexibility index (Phi) is 4.25. The number of rotatable bonds is 5. The third kappa shape index (κ3) is 3.29. The van der Waals surface area contributed by atoms with Crippen LogP contribution < -0.4 is 0 Å². The van der Waals surface area contributed by atoms with Crippen LogP contribution in [0.5, 0.6) is 0 Å². The van der Waals surface area contributed by atoms with Crippen molar-refractivity contribution in [3.63, 3.8) is 0 Å². The van der Waals surface area contributed by atoms with E-state index in [-0.39, 0.29) is 5.78 Å². The molecule has 0 saturated heterocycles. The fraction of sp³-hybridized carbons (Fsp3) is 0.188. The van der Waals surface area contributed by atoms with Gasteiger partial charge in [-0.25, -0.2) is 0 Å². The molecule has 2 rings (SSSR count). The minimum absolute atomic E-state index is 0.0780. The number of hydrogen-bond acceptors (Lipinski definition) is 3. The number of aliphatic carboxylic acids is 1. The predicted molar refractivity (Wildman–Crippen MR) is 74.8 cm³/mol. The summed E-state index contributed by atoms with van der Waals surface area (Å²) in [6, 6.07) is 12.7. The fourth-order valence-corrected chi connectivity index (χ4v) is 1.84. The molecule has 4 heteroatoms. The zero-order valence-electron chi connectivity index (χ0n) is 11.1. The summed E-state index contributed by atoms with van der Waals surface area (Å²) in [6.45, 7) is 1.59. The van der Waals surface area contributed by atoms with E-state index in [2.05, 4.69) is 4.98 Å². The molecule has 1 N–H and O–H groups in total. The molecule has 102 valence electrons. The number of aromatic nitrogens is 1. The molecule has 1 unspecified atom stereocenters. The van der Waals surface area contributed by atoms with Gasteiger partial charge in [0, 0.05) is 12.6 Å². The topological polar surface area (TPSA) is 67.3 Å². The van der Waals surface area contributed by atoms with Gasteiger partial charge in [-0.15, -0.1) is 0 Å². The lowest BCUT2D eigenvalue weighted by atomic mass is 10.0. The summed E-state index contributed by atoms with van der Waals surface area (Å²) in [4.78, 5) is 27.0. The first kappa shape index (κ1) is 13.9. The van der Waals surface area contributed by atoms with Gasteiger partial charge in [-0.1, -0.05) is 36.4 Å². The summed E-state index contributed by atoms with van der Waals surface area (Å²) in [5, 5.41) is 8.91. The Hall–Kier alpha value is -2.49. The number of benzene rings is 1. The van der Waals surface area contributed by atoms with E-state index in [1.807, 2.05) is 30.3 Å². The first-order valence-electron chi connectivity index (χ1n) is 6.34. The summed E-state index contributed by atoms with van der Waals surface area (Å²) >= 11 is 0. The van der Waals surface area contributed by atoms with Gasteiger partial charge in [-0.2, -0.15) is 0 Å². The van der Waals surface area contributed by atoms with Crippen molar-refractivity contribution in [2.24, 2.45) is 0 Å². The second-order valence-electron chi connectivity index (χ2n) is 4.62. The van der Waals surface area contributed by atoms with Crippen LogP contribution in [0.25, 0.3) is 0 Å². The van der Waals surface area contributed by atoms with Crippen LogP contribution in [0.15, 0.2) is 48.7 Å². The van der Waals surface area contributed by atoms with Crippen molar-refractivity contribution in [2.45, 2.75) is 19.3 Å². The Morgan fingerprint density at radius 1 is 1.15 bits per heavy atom. The molecule has 0 aliphatic heterocycles. The van der Waals surface area contributed by atoms with Gasteiger partial charge < -0.3 is 5.11 Å². The van der Waals surface area contributed by atoms with Gasteiger partial charge in [0.15, 0.2) is 5.78 Å². The third-order valence-electron chi connectivity index (χ3n) is 3.15. The average Bonchev–Trinajstić information content (AvgIpc) is 2.47. The van der Waals surface area contributed by atoms with E-state index < -0.39 is 11.9 Å². The Balaban J connectivity index is 2.10. The largest absolute Gasteiger partial charge is 0.481 e. The fourth-order valence-electron chi connectivity index (χ4n) is 1.84. The number of nitrogens with zero attached hydrogens (tertiary/aromatic N) is 1. The van der Waals surface area contributed by atoms with E-state index in [1.54, 1.807) is 19.1 Å². The molecule has 0 radical (unpaired) electrons. The molecule has 20 heavy (non-hydrogen) atoms. The van der Waals surface area contributed by atoms with Gasteiger partial charge in [-0.05, 0) is 24.1 Å². The van der Waals surface area contributed by atoms with Gasteiger partial charge in [0.2, 0.25) is 0 Å². The molecular weight excluding hydrogens is 254 g/mol.